The molecule has 1 N–H and O–H groups in total. The molecule has 2 aromatic rings. The van der Waals surface area contributed by atoms with Gasteiger partial charge in [-0.05, 0) is 48.8 Å². The fraction of sp³-hybridized carbons (Fsp3) is 0.400. The van der Waals surface area contributed by atoms with E-state index in [4.69, 9.17) is 14.2 Å². The minimum absolute atomic E-state index is 0.250. The van der Waals surface area contributed by atoms with Crippen LogP contribution in [0.2, 0.25) is 0 Å². The molecule has 4 rings (SSSR count). The van der Waals surface area contributed by atoms with E-state index in [1.165, 1.54) is 57.4 Å². The average Bonchev–Trinajstić information content (AvgIpc) is 3.36. The lowest BCUT2D eigenvalue weighted by Gasteiger charge is -2.32. The maximum atomic E-state index is 13.8. The number of carbonyl (C=O) groups excluding carboxylic acids is 3. The molecule has 2 aliphatic rings. The molecule has 4 atom stereocenters. The Morgan fingerprint density at radius 3 is 2.40 bits per heavy atom. The number of ether oxygens (including phenoxy) is 3. The van der Waals surface area contributed by atoms with Crippen molar-refractivity contribution in [2.24, 2.45) is 11.8 Å². The van der Waals surface area contributed by atoms with Gasteiger partial charge in [-0.3, -0.25) is 19.7 Å². The second-order valence-corrected chi connectivity index (χ2v) is 9.41. The van der Waals surface area contributed by atoms with Crippen LogP contribution in [0.25, 0.3) is 0 Å². The van der Waals surface area contributed by atoms with Gasteiger partial charge in [0.15, 0.2) is 0 Å². The van der Waals surface area contributed by atoms with Gasteiger partial charge in [0.2, 0.25) is 11.8 Å². The van der Waals surface area contributed by atoms with Crippen LogP contribution in [0, 0.1) is 17.7 Å². The number of hydrogen-bond donors (Lipinski definition) is 1. The van der Waals surface area contributed by atoms with Crippen molar-refractivity contribution in [3.8, 4) is 11.5 Å². The predicted octanol–water partition coefficient (Wildman–Crippen LogP) is 2.96. The van der Waals surface area contributed by atoms with E-state index in [2.05, 4.69) is 5.32 Å². The summed E-state index contributed by atoms with van der Waals surface area (Å²) in [5, 5.41) is 3.33. The summed E-state index contributed by atoms with van der Waals surface area (Å²) >= 11 is 1.52. The number of carbonyl (C=O) groups is 3. The Balaban J connectivity index is 1.88. The second kappa shape index (κ2) is 9.87. The summed E-state index contributed by atoms with van der Waals surface area (Å²) < 4.78 is 29.6. The zero-order chi connectivity index (χ0) is 25.3. The largest absolute Gasteiger partial charge is 0.497 e. The van der Waals surface area contributed by atoms with Gasteiger partial charge in [-0.25, -0.2) is 9.29 Å². The lowest BCUT2D eigenvalue weighted by Crippen LogP contribution is -2.56. The van der Waals surface area contributed by atoms with Gasteiger partial charge < -0.3 is 14.2 Å². The second-order valence-electron chi connectivity index (χ2n) is 8.43. The minimum atomic E-state index is -1.43. The molecule has 0 radical (unpaired) electrons. The number of nitrogens with zero attached hydrogens (tertiary/aromatic N) is 1. The van der Waals surface area contributed by atoms with Crippen LogP contribution in [0.1, 0.15) is 18.0 Å². The van der Waals surface area contributed by atoms with Crippen molar-refractivity contribution in [1.82, 2.24) is 5.32 Å². The number of imide groups is 1. The molecule has 8 nitrogen and oxygen atoms in total. The Morgan fingerprint density at radius 2 is 1.80 bits per heavy atom. The molecule has 0 unspecified atom stereocenters. The third-order valence-corrected chi connectivity index (χ3v) is 7.38. The summed E-state index contributed by atoms with van der Waals surface area (Å²) in [6, 6.07) is 9.59. The first-order valence-corrected chi connectivity index (χ1v) is 12.4. The topological polar surface area (TPSA) is 94.2 Å². The zero-order valence-electron chi connectivity index (χ0n) is 19.9. The minimum Gasteiger partial charge on any atom is -0.497 e. The van der Waals surface area contributed by atoms with Gasteiger partial charge in [-0.15, -0.1) is 0 Å². The quantitative estimate of drug-likeness (QED) is 0.435. The van der Waals surface area contributed by atoms with Crippen LogP contribution in [0.4, 0.5) is 10.1 Å². The maximum absolute atomic E-state index is 13.8. The molecule has 186 valence electrons. The van der Waals surface area contributed by atoms with E-state index in [0.29, 0.717) is 22.8 Å². The predicted molar refractivity (Wildman–Crippen MR) is 129 cm³/mol. The molecule has 0 aromatic heterocycles. The number of esters is 1. The molecule has 2 aliphatic heterocycles. The van der Waals surface area contributed by atoms with Crippen LogP contribution >= 0.6 is 11.8 Å². The Bertz CT molecular complexity index is 1140. The summed E-state index contributed by atoms with van der Waals surface area (Å²) in [4.78, 5) is 42.0. The van der Waals surface area contributed by atoms with E-state index in [0.717, 1.165) is 4.90 Å². The normalized spacial score (nSPS) is 25.5. The van der Waals surface area contributed by atoms with E-state index in [-0.39, 0.29) is 12.1 Å². The number of amides is 2. The van der Waals surface area contributed by atoms with Crippen LogP contribution in [0.15, 0.2) is 42.5 Å². The molecule has 2 saturated heterocycles. The van der Waals surface area contributed by atoms with Crippen molar-refractivity contribution in [1.29, 1.82) is 0 Å². The lowest BCUT2D eigenvalue weighted by molar-refractivity contribution is -0.152. The number of anilines is 1. The van der Waals surface area contributed by atoms with E-state index in [9.17, 15) is 18.8 Å². The van der Waals surface area contributed by atoms with Crippen LogP contribution in [-0.2, 0) is 19.1 Å². The van der Waals surface area contributed by atoms with Gasteiger partial charge in [0.1, 0.15) is 22.9 Å². The first-order valence-electron chi connectivity index (χ1n) is 11.0. The number of rotatable bonds is 8. The van der Waals surface area contributed by atoms with Crippen molar-refractivity contribution >= 4 is 35.2 Å². The van der Waals surface area contributed by atoms with Gasteiger partial charge in [0.25, 0.3) is 0 Å². The Hall–Kier alpha value is -3.11. The highest BCUT2D eigenvalue weighted by atomic mass is 32.2. The summed E-state index contributed by atoms with van der Waals surface area (Å²) in [6.07, 6.45) is 2.17. The van der Waals surface area contributed by atoms with E-state index >= 15 is 0 Å². The molecule has 0 saturated carbocycles. The number of methoxy groups -OCH3 is 3. The van der Waals surface area contributed by atoms with Gasteiger partial charge >= 0.3 is 5.97 Å². The number of halogens is 1. The van der Waals surface area contributed by atoms with Crippen LogP contribution in [-0.4, -0.2) is 56.7 Å². The Kier molecular flexibility index (Phi) is 7.05. The van der Waals surface area contributed by atoms with Crippen molar-refractivity contribution in [3.63, 3.8) is 0 Å². The first-order chi connectivity index (χ1) is 16.8. The molecular weight excluding hydrogens is 475 g/mol. The zero-order valence-corrected chi connectivity index (χ0v) is 20.7. The monoisotopic (exact) mass is 502 g/mol. The van der Waals surface area contributed by atoms with Gasteiger partial charge in [0.05, 0.1) is 38.9 Å². The molecule has 2 heterocycles. The van der Waals surface area contributed by atoms with Crippen LogP contribution < -0.4 is 19.7 Å². The third kappa shape index (κ3) is 4.04. The van der Waals surface area contributed by atoms with E-state index in [1.54, 1.807) is 18.2 Å². The fourth-order valence-electron chi connectivity index (χ4n) is 5.15. The number of benzene rings is 2. The van der Waals surface area contributed by atoms with Gasteiger partial charge in [-0.2, -0.15) is 11.8 Å². The number of nitrogens with one attached hydrogen (secondary N) is 1. The average molecular weight is 503 g/mol. The standard InChI is InChI=1S/C25H27FN2O6S/c1-32-16-9-10-17(18(13-16)33-2)21-19-20(25(27-21,11-12-35-4)24(31)34-3)23(30)28(22(19)29)15-7-5-14(26)6-8-15/h5-10,13,19-21,27H,11-12H2,1-4H3/t19-,20-,21+,25-/m0/s1. The van der Waals surface area contributed by atoms with Gasteiger partial charge in [-0.1, -0.05) is 6.07 Å². The van der Waals surface area contributed by atoms with Gasteiger partial charge in [0, 0.05) is 17.7 Å². The van der Waals surface area contributed by atoms with E-state index in [1.807, 2.05) is 6.26 Å². The first kappa shape index (κ1) is 25.0. The summed E-state index contributed by atoms with van der Waals surface area (Å²) in [5.74, 6) is -2.46. The van der Waals surface area contributed by atoms with Crippen LogP contribution in [0.3, 0.4) is 0 Å². The number of hydrogen-bond acceptors (Lipinski definition) is 8. The summed E-state index contributed by atoms with van der Waals surface area (Å²) in [6.45, 7) is 0. The molecule has 35 heavy (non-hydrogen) atoms. The maximum Gasteiger partial charge on any atom is 0.326 e. The molecule has 0 aliphatic carbocycles. The highest BCUT2D eigenvalue weighted by Gasteiger charge is 2.69. The van der Waals surface area contributed by atoms with Crippen molar-refractivity contribution in [2.75, 3.05) is 38.2 Å². The van der Waals surface area contributed by atoms with Crippen molar-refractivity contribution < 1.29 is 33.0 Å². The van der Waals surface area contributed by atoms with Crippen LogP contribution in [0.5, 0.6) is 11.5 Å². The Morgan fingerprint density at radius 1 is 1.09 bits per heavy atom. The molecule has 2 aromatic carbocycles. The smallest absolute Gasteiger partial charge is 0.326 e. The molecule has 10 heteroatoms. The molecular formula is C25H27FN2O6S. The fourth-order valence-corrected chi connectivity index (χ4v) is 5.68. The number of thioether (sulfide) groups is 1. The molecule has 2 amide bonds. The molecule has 0 bridgehead atoms. The number of fused-ring (bicyclic) bond motifs is 1. The summed E-state index contributed by atoms with van der Waals surface area (Å²) in [5.41, 5.74) is -0.570. The Labute approximate surface area is 207 Å². The highest BCUT2D eigenvalue weighted by Crippen LogP contribution is 2.53. The highest BCUT2D eigenvalue weighted by molar-refractivity contribution is 7.98. The van der Waals surface area contributed by atoms with E-state index < -0.39 is 47.0 Å². The summed E-state index contributed by atoms with van der Waals surface area (Å²) in [7, 11) is 4.29. The lowest BCUT2D eigenvalue weighted by atomic mass is 9.77. The third-order valence-electron chi connectivity index (χ3n) is 6.76. The SMILES string of the molecule is COC(=O)[C@@]1(CCSC)N[C@H](c2ccc(OC)cc2OC)[C@H]2C(=O)N(c3ccc(F)cc3)C(=O)[C@H]21. The molecule has 0 spiro atoms. The van der Waals surface area contributed by atoms with Crippen molar-refractivity contribution in [2.45, 2.75) is 18.0 Å². The van der Waals surface area contributed by atoms with Crippen molar-refractivity contribution in [3.05, 3.63) is 53.8 Å². The molecule has 2 fully saturated rings.